The average Bonchev–Trinajstić information content (AvgIpc) is 2.97. The van der Waals surface area contributed by atoms with E-state index in [9.17, 15) is 18.0 Å². The number of carbonyl (C=O) groups excluding carboxylic acids is 1. The Morgan fingerprint density at radius 1 is 1.25 bits per heavy atom. The minimum absolute atomic E-state index is 0.0559. The van der Waals surface area contributed by atoms with Crippen LogP contribution in [-0.4, -0.2) is 30.8 Å². The fourth-order valence-electron chi connectivity index (χ4n) is 2.09. The lowest BCUT2D eigenvalue weighted by atomic mass is 10.2. The van der Waals surface area contributed by atoms with Gasteiger partial charge in [0.25, 0.3) is 0 Å². The van der Waals surface area contributed by atoms with Crippen LogP contribution in [0.3, 0.4) is 0 Å². The second-order valence-corrected chi connectivity index (χ2v) is 5.18. The molecule has 0 radical (unpaired) electrons. The SMILES string of the molecule is CN(CC(=O)NCc1ccccc1OC(F)(F)F)Cc1ccco1. The quantitative estimate of drug-likeness (QED) is 0.841. The largest absolute Gasteiger partial charge is 0.573 e. The van der Waals surface area contributed by atoms with Gasteiger partial charge in [0.05, 0.1) is 19.4 Å². The van der Waals surface area contributed by atoms with Crippen LogP contribution >= 0.6 is 0 Å². The van der Waals surface area contributed by atoms with Crippen LogP contribution in [0.25, 0.3) is 0 Å². The van der Waals surface area contributed by atoms with Crippen LogP contribution in [0.15, 0.2) is 47.1 Å². The predicted molar refractivity (Wildman–Crippen MR) is 80.0 cm³/mol. The van der Waals surface area contributed by atoms with E-state index >= 15 is 0 Å². The molecule has 2 aromatic rings. The molecule has 0 aliphatic carbocycles. The number of halogens is 3. The van der Waals surface area contributed by atoms with Gasteiger partial charge in [-0.1, -0.05) is 18.2 Å². The van der Waals surface area contributed by atoms with E-state index in [1.807, 2.05) is 0 Å². The predicted octanol–water partition coefficient (Wildman–Crippen LogP) is 2.93. The van der Waals surface area contributed by atoms with Gasteiger partial charge in [-0.05, 0) is 25.2 Å². The lowest BCUT2D eigenvalue weighted by Gasteiger charge is -2.16. The van der Waals surface area contributed by atoms with Crippen molar-refractivity contribution in [2.75, 3.05) is 13.6 Å². The second kappa shape index (κ2) is 7.87. The first-order valence-corrected chi connectivity index (χ1v) is 7.15. The highest BCUT2D eigenvalue weighted by atomic mass is 19.4. The number of carbonyl (C=O) groups is 1. The summed E-state index contributed by atoms with van der Waals surface area (Å²) in [6.45, 7) is 0.483. The highest BCUT2D eigenvalue weighted by molar-refractivity contribution is 5.78. The fourth-order valence-corrected chi connectivity index (χ4v) is 2.09. The van der Waals surface area contributed by atoms with Crippen LogP contribution in [0, 0.1) is 0 Å². The van der Waals surface area contributed by atoms with Gasteiger partial charge in [-0.15, -0.1) is 13.2 Å². The van der Waals surface area contributed by atoms with Crippen molar-refractivity contribution in [3.8, 4) is 5.75 Å². The number of amides is 1. The molecule has 0 aliphatic rings. The Kier molecular flexibility index (Phi) is 5.86. The molecular weight excluding hydrogens is 325 g/mol. The molecule has 0 atom stereocenters. The standard InChI is InChI=1S/C16H17F3N2O3/c1-21(10-13-6-4-8-23-13)11-15(22)20-9-12-5-2-3-7-14(12)24-16(17,18)19/h2-8H,9-11H2,1H3,(H,20,22). The maximum absolute atomic E-state index is 12.3. The number of nitrogens with one attached hydrogen (secondary N) is 1. The van der Waals surface area contributed by atoms with Crippen molar-refractivity contribution in [1.29, 1.82) is 0 Å². The van der Waals surface area contributed by atoms with E-state index < -0.39 is 6.36 Å². The van der Waals surface area contributed by atoms with Crippen LogP contribution in [0.5, 0.6) is 5.75 Å². The normalized spacial score (nSPS) is 11.5. The molecule has 1 amide bonds. The number of likely N-dealkylation sites (N-methyl/N-ethyl adjacent to an activating group) is 1. The van der Waals surface area contributed by atoms with E-state index in [2.05, 4.69) is 10.1 Å². The Hall–Kier alpha value is -2.48. The van der Waals surface area contributed by atoms with Crippen molar-refractivity contribution in [1.82, 2.24) is 10.2 Å². The molecule has 0 saturated heterocycles. The highest BCUT2D eigenvalue weighted by Gasteiger charge is 2.31. The van der Waals surface area contributed by atoms with E-state index in [1.54, 1.807) is 36.4 Å². The molecule has 0 saturated carbocycles. The molecule has 24 heavy (non-hydrogen) atoms. The molecule has 1 aromatic carbocycles. The van der Waals surface area contributed by atoms with Crippen molar-refractivity contribution >= 4 is 5.91 Å². The maximum atomic E-state index is 12.3. The summed E-state index contributed by atoms with van der Waals surface area (Å²) in [4.78, 5) is 13.6. The Balaban J connectivity index is 1.85. The van der Waals surface area contributed by atoms with Crippen LogP contribution in [0.2, 0.25) is 0 Å². The molecular formula is C16H17F3N2O3. The van der Waals surface area contributed by atoms with Crippen LogP contribution in [0.4, 0.5) is 13.2 Å². The summed E-state index contributed by atoms with van der Waals surface area (Å²) < 4.78 is 46.2. The van der Waals surface area contributed by atoms with Crippen molar-refractivity contribution < 1.29 is 27.1 Å². The van der Waals surface area contributed by atoms with Crippen LogP contribution in [0.1, 0.15) is 11.3 Å². The number of ether oxygens (including phenoxy) is 1. The molecule has 0 spiro atoms. The lowest BCUT2D eigenvalue weighted by Crippen LogP contribution is -2.34. The minimum Gasteiger partial charge on any atom is -0.468 e. The molecule has 2 rings (SSSR count). The number of alkyl halides is 3. The van der Waals surface area contributed by atoms with E-state index in [4.69, 9.17) is 4.42 Å². The van der Waals surface area contributed by atoms with Crippen molar-refractivity contribution in [2.45, 2.75) is 19.5 Å². The molecule has 1 N–H and O–H groups in total. The van der Waals surface area contributed by atoms with E-state index in [0.29, 0.717) is 12.3 Å². The molecule has 130 valence electrons. The van der Waals surface area contributed by atoms with Crippen LogP contribution < -0.4 is 10.1 Å². The molecule has 5 nitrogen and oxygen atoms in total. The summed E-state index contributed by atoms with van der Waals surface area (Å²) in [7, 11) is 1.74. The number of hydrogen-bond acceptors (Lipinski definition) is 4. The third-order valence-corrected chi connectivity index (χ3v) is 3.09. The van der Waals surface area contributed by atoms with Gasteiger partial charge in [-0.25, -0.2) is 0 Å². The van der Waals surface area contributed by atoms with Gasteiger partial charge in [0, 0.05) is 12.1 Å². The zero-order chi connectivity index (χ0) is 17.6. The third-order valence-electron chi connectivity index (χ3n) is 3.09. The Morgan fingerprint density at radius 2 is 2.00 bits per heavy atom. The number of nitrogens with zero attached hydrogens (tertiary/aromatic N) is 1. The van der Waals surface area contributed by atoms with Crippen molar-refractivity contribution in [2.24, 2.45) is 0 Å². The molecule has 1 aromatic heterocycles. The Bertz CT molecular complexity index is 657. The number of benzene rings is 1. The number of furan rings is 1. The lowest BCUT2D eigenvalue weighted by molar-refractivity contribution is -0.274. The summed E-state index contributed by atoms with van der Waals surface area (Å²) in [5, 5.41) is 2.58. The Morgan fingerprint density at radius 3 is 2.67 bits per heavy atom. The van der Waals surface area contributed by atoms with Gasteiger partial charge >= 0.3 is 6.36 Å². The summed E-state index contributed by atoms with van der Waals surface area (Å²) >= 11 is 0. The smallest absolute Gasteiger partial charge is 0.468 e. The van der Waals surface area contributed by atoms with E-state index in [-0.39, 0.29) is 30.3 Å². The summed E-state index contributed by atoms with van der Waals surface area (Å²) in [6.07, 6.45) is -3.23. The average molecular weight is 342 g/mol. The monoisotopic (exact) mass is 342 g/mol. The maximum Gasteiger partial charge on any atom is 0.573 e. The van der Waals surface area contributed by atoms with Gasteiger partial charge in [0.15, 0.2) is 0 Å². The van der Waals surface area contributed by atoms with Gasteiger partial charge in [0.2, 0.25) is 5.91 Å². The topological polar surface area (TPSA) is 54.7 Å². The molecule has 0 aliphatic heterocycles. The molecule has 0 fully saturated rings. The summed E-state index contributed by atoms with van der Waals surface area (Å²) in [6, 6.07) is 9.23. The minimum atomic E-state index is -4.77. The number of para-hydroxylation sites is 1. The second-order valence-electron chi connectivity index (χ2n) is 5.18. The van der Waals surface area contributed by atoms with Crippen molar-refractivity contribution in [3.05, 3.63) is 54.0 Å². The molecule has 8 heteroatoms. The highest BCUT2D eigenvalue weighted by Crippen LogP contribution is 2.26. The zero-order valence-corrected chi connectivity index (χ0v) is 13.0. The molecule has 0 bridgehead atoms. The van der Waals surface area contributed by atoms with Crippen molar-refractivity contribution in [3.63, 3.8) is 0 Å². The number of rotatable bonds is 7. The summed E-state index contributed by atoms with van der Waals surface area (Å²) in [5.74, 6) is 0.0781. The summed E-state index contributed by atoms with van der Waals surface area (Å²) in [5.41, 5.74) is 0.247. The van der Waals surface area contributed by atoms with E-state index in [0.717, 1.165) is 0 Å². The van der Waals surface area contributed by atoms with Crippen LogP contribution in [-0.2, 0) is 17.9 Å². The number of hydrogen-bond donors (Lipinski definition) is 1. The first-order chi connectivity index (χ1) is 11.3. The van der Waals surface area contributed by atoms with E-state index in [1.165, 1.54) is 18.2 Å². The van der Waals surface area contributed by atoms with Gasteiger partial charge in [-0.3, -0.25) is 9.69 Å². The first-order valence-electron chi connectivity index (χ1n) is 7.15. The van der Waals surface area contributed by atoms with Gasteiger partial charge in [-0.2, -0.15) is 0 Å². The molecule has 1 heterocycles. The molecule has 0 unspecified atom stereocenters. The first kappa shape index (κ1) is 17.9. The fraction of sp³-hybridized carbons (Fsp3) is 0.312. The Labute approximate surface area is 137 Å². The van der Waals surface area contributed by atoms with Gasteiger partial charge in [0.1, 0.15) is 11.5 Å². The third kappa shape index (κ3) is 5.96. The zero-order valence-electron chi connectivity index (χ0n) is 13.0. The van der Waals surface area contributed by atoms with Gasteiger partial charge < -0.3 is 14.5 Å².